The number of rotatable bonds is 7. The Morgan fingerprint density at radius 2 is 1.83 bits per heavy atom. The summed E-state index contributed by atoms with van der Waals surface area (Å²) in [5.41, 5.74) is 8.43. The molecule has 0 amide bonds. The van der Waals surface area contributed by atoms with Crippen LogP contribution in [0.1, 0.15) is 40.3 Å². The molecule has 0 saturated heterocycles. The van der Waals surface area contributed by atoms with Gasteiger partial charge in [0.05, 0.1) is 7.11 Å². The van der Waals surface area contributed by atoms with Gasteiger partial charge in [0.15, 0.2) is 0 Å². The first-order chi connectivity index (χ1) is 14.3. The minimum Gasteiger partial charge on any atom is -0.496 e. The molecule has 5 heteroatoms. The third kappa shape index (κ3) is 5.14. The average Bonchev–Trinajstić information content (AvgIpc) is 2.70. The van der Waals surface area contributed by atoms with Crippen LogP contribution in [0.3, 0.4) is 0 Å². The Bertz CT molecular complexity index is 1020. The van der Waals surface area contributed by atoms with Crippen LogP contribution in [0.15, 0.2) is 47.4 Å². The zero-order valence-electron chi connectivity index (χ0n) is 18.3. The lowest BCUT2D eigenvalue weighted by Crippen LogP contribution is -2.08. The van der Waals surface area contributed by atoms with Gasteiger partial charge in [0.2, 0.25) is 6.54 Å². The summed E-state index contributed by atoms with van der Waals surface area (Å²) < 4.78 is 5.62. The second-order valence-corrected chi connectivity index (χ2v) is 8.91. The molecule has 0 aliphatic carbocycles. The number of methoxy groups -OCH3 is 1. The maximum Gasteiger partial charge on any atom is 0.207 e. The molecule has 2 aromatic carbocycles. The second-order valence-electron chi connectivity index (χ2n) is 8.00. The number of thioether (sulfide) groups is 1. The monoisotopic (exact) mass is 423 g/mol. The van der Waals surface area contributed by atoms with Gasteiger partial charge in [-0.05, 0) is 78.0 Å². The first-order valence-electron chi connectivity index (χ1n) is 10.2. The molecule has 1 unspecified atom stereocenters. The molecule has 158 valence electrons. The van der Waals surface area contributed by atoms with Crippen molar-refractivity contribution in [2.75, 3.05) is 13.7 Å². The molecule has 0 spiro atoms. The number of nitrogens with zero attached hydrogens (tertiary/aromatic N) is 1. The van der Waals surface area contributed by atoms with E-state index in [1.807, 2.05) is 13.0 Å². The molecule has 1 heterocycles. The number of benzene rings is 2. The zero-order valence-corrected chi connectivity index (χ0v) is 19.1. The summed E-state index contributed by atoms with van der Waals surface area (Å²) in [6.07, 6.45) is 3.58. The predicted molar refractivity (Wildman–Crippen MR) is 126 cm³/mol. The van der Waals surface area contributed by atoms with E-state index in [0.717, 1.165) is 28.9 Å². The highest BCUT2D eigenvalue weighted by molar-refractivity contribution is 8.11. The maximum atomic E-state index is 10.7. The van der Waals surface area contributed by atoms with E-state index in [9.17, 15) is 10.1 Å². The van der Waals surface area contributed by atoms with Crippen LogP contribution in [0.4, 0.5) is 0 Å². The maximum absolute atomic E-state index is 10.7. The second kappa shape index (κ2) is 9.52. The molecule has 3 rings (SSSR count). The highest BCUT2D eigenvalue weighted by atomic mass is 32.2. The third-order valence-electron chi connectivity index (χ3n) is 5.81. The number of allylic oxidation sites excluding steroid dienone is 2. The molecular weight excluding hydrogens is 394 g/mol. The lowest BCUT2D eigenvalue weighted by molar-refractivity contribution is -0.479. The van der Waals surface area contributed by atoms with E-state index in [2.05, 4.69) is 56.5 Å². The van der Waals surface area contributed by atoms with Crippen molar-refractivity contribution in [1.82, 2.24) is 0 Å². The Labute approximate surface area is 183 Å². The number of aryl methyl sites for hydroxylation is 3. The Morgan fingerprint density at radius 1 is 1.07 bits per heavy atom. The van der Waals surface area contributed by atoms with Gasteiger partial charge in [-0.25, -0.2) is 0 Å². The van der Waals surface area contributed by atoms with Crippen molar-refractivity contribution < 1.29 is 9.66 Å². The molecular formula is C25H29NO3S. The van der Waals surface area contributed by atoms with E-state index < -0.39 is 0 Å². The van der Waals surface area contributed by atoms with Gasteiger partial charge in [-0.1, -0.05) is 54.6 Å². The number of hydrogen-bond acceptors (Lipinski definition) is 4. The van der Waals surface area contributed by atoms with Crippen LogP contribution in [-0.4, -0.2) is 18.6 Å². The van der Waals surface area contributed by atoms with Crippen molar-refractivity contribution in [3.8, 4) is 5.75 Å². The van der Waals surface area contributed by atoms with Crippen LogP contribution in [-0.2, 0) is 12.8 Å². The van der Waals surface area contributed by atoms with Gasteiger partial charge >= 0.3 is 0 Å². The summed E-state index contributed by atoms with van der Waals surface area (Å²) in [5, 5.41) is 13.0. The quantitative estimate of drug-likeness (QED) is 0.388. The van der Waals surface area contributed by atoms with Crippen molar-refractivity contribution >= 4 is 16.7 Å². The molecule has 2 aromatic rings. The molecule has 1 aliphatic rings. The van der Waals surface area contributed by atoms with Crippen molar-refractivity contribution in [1.29, 1.82) is 0 Å². The summed E-state index contributed by atoms with van der Waals surface area (Å²) in [6, 6.07) is 10.7. The summed E-state index contributed by atoms with van der Waals surface area (Å²) in [7, 11) is 1.66. The van der Waals surface area contributed by atoms with Crippen LogP contribution in [0, 0.1) is 36.8 Å². The molecule has 30 heavy (non-hydrogen) atoms. The molecule has 1 aliphatic heterocycles. The van der Waals surface area contributed by atoms with Crippen LogP contribution in [0.2, 0.25) is 0 Å². The SMILES string of the molecule is COc1cc(CC[N+](=O)[O-])c(C)cc1CC1=CSC(c2ccc(C)c(C)c2)=CC1C. The van der Waals surface area contributed by atoms with E-state index in [1.54, 1.807) is 18.9 Å². The molecule has 4 nitrogen and oxygen atoms in total. The Balaban J connectivity index is 1.78. The predicted octanol–water partition coefficient (Wildman–Crippen LogP) is 6.29. The van der Waals surface area contributed by atoms with Gasteiger partial charge in [0.25, 0.3) is 0 Å². The normalized spacial score (nSPS) is 16.1. The lowest BCUT2D eigenvalue weighted by atomic mass is 9.91. The Morgan fingerprint density at radius 3 is 2.47 bits per heavy atom. The first-order valence-corrected chi connectivity index (χ1v) is 11.1. The van der Waals surface area contributed by atoms with Gasteiger partial charge in [-0.3, -0.25) is 10.1 Å². The summed E-state index contributed by atoms with van der Waals surface area (Å²) in [5.74, 6) is 1.14. The highest BCUT2D eigenvalue weighted by Crippen LogP contribution is 2.39. The number of nitro groups is 1. The van der Waals surface area contributed by atoms with Gasteiger partial charge < -0.3 is 4.74 Å². The van der Waals surface area contributed by atoms with Gasteiger partial charge in [-0.2, -0.15) is 0 Å². The molecule has 0 N–H and O–H groups in total. The van der Waals surface area contributed by atoms with Gasteiger partial charge in [-0.15, -0.1) is 0 Å². The molecule has 0 fully saturated rings. The van der Waals surface area contributed by atoms with Gasteiger partial charge in [0.1, 0.15) is 5.75 Å². The van der Waals surface area contributed by atoms with E-state index in [0.29, 0.717) is 12.3 Å². The number of ether oxygens (including phenoxy) is 1. The largest absolute Gasteiger partial charge is 0.496 e. The lowest BCUT2D eigenvalue weighted by Gasteiger charge is -2.22. The van der Waals surface area contributed by atoms with E-state index in [-0.39, 0.29) is 11.5 Å². The standard InChI is InChI=1S/C25H29NO3S/c1-16-6-7-21(10-17(16)2)25-12-19(4)23(15-30-25)13-22-11-18(3)20(8-9-26(27)28)14-24(22)29-5/h6-7,10-12,14-15,19H,8-9,13H2,1-5H3. The topological polar surface area (TPSA) is 52.4 Å². The molecule has 0 radical (unpaired) electrons. The van der Waals surface area contributed by atoms with Gasteiger partial charge in [0, 0.05) is 16.2 Å². The van der Waals surface area contributed by atoms with Crippen molar-refractivity contribution in [2.24, 2.45) is 5.92 Å². The van der Waals surface area contributed by atoms with Crippen LogP contribution in [0.25, 0.3) is 4.91 Å². The minimum atomic E-state index is -0.273. The Kier molecular flexibility index (Phi) is 7.03. The zero-order chi connectivity index (χ0) is 21.8. The summed E-state index contributed by atoms with van der Waals surface area (Å²) in [6.45, 7) is 8.48. The first kappa shape index (κ1) is 22.2. The van der Waals surface area contributed by atoms with Crippen molar-refractivity contribution in [3.05, 3.63) is 90.9 Å². The van der Waals surface area contributed by atoms with Crippen LogP contribution < -0.4 is 4.74 Å². The fraction of sp³-hybridized carbons (Fsp3) is 0.360. The highest BCUT2D eigenvalue weighted by Gasteiger charge is 2.18. The van der Waals surface area contributed by atoms with Crippen LogP contribution >= 0.6 is 11.8 Å². The fourth-order valence-electron chi connectivity index (χ4n) is 3.70. The summed E-state index contributed by atoms with van der Waals surface area (Å²) >= 11 is 1.78. The molecule has 0 bridgehead atoms. The summed E-state index contributed by atoms with van der Waals surface area (Å²) in [4.78, 5) is 11.8. The van der Waals surface area contributed by atoms with Crippen LogP contribution in [0.5, 0.6) is 5.75 Å². The average molecular weight is 424 g/mol. The van der Waals surface area contributed by atoms with Crippen molar-refractivity contribution in [2.45, 2.75) is 40.5 Å². The molecule has 0 saturated carbocycles. The number of hydrogen-bond donors (Lipinski definition) is 0. The smallest absolute Gasteiger partial charge is 0.207 e. The fourth-order valence-corrected chi connectivity index (χ4v) is 4.82. The third-order valence-corrected chi connectivity index (χ3v) is 6.86. The van der Waals surface area contributed by atoms with Crippen molar-refractivity contribution in [3.63, 3.8) is 0 Å². The molecule has 1 atom stereocenters. The minimum absolute atomic E-state index is 0.0613. The molecule has 0 aromatic heterocycles. The van der Waals surface area contributed by atoms with E-state index >= 15 is 0 Å². The van der Waals surface area contributed by atoms with E-state index in [4.69, 9.17) is 4.74 Å². The van der Waals surface area contributed by atoms with E-state index in [1.165, 1.54) is 27.2 Å². The Hall–Kier alpha value is -2.53.